The zero-order valence-corrected chi connectivity index (χ0v) is 19.0. The second-order valence-corrected chi connectivity index (χ2v) is 7.91. The summed E-state index contributed by atoms with van der Waals surface area (Å²) in [6.45, 7) is 3.71. The van der Waals surface area contributed by atoms with E-state index in [1.54, 1.807) is 17.1 Å². The summed E-state index contributed by atoms with van der Waals surface area (Å²) in [7, 11) is 1.86. The van der Waals surface area contributed by atoms with Gasteiger partial charge in [-0.05, 0) is 36.6 Å². The van der Waals surface area contributed by atoms with Crippen LogP contribution in [-0.4, -0.2) is 46.4 Å². The molecule has 6 heteroatoms. The molecule has 0 saturated carbocycles. The summed E-state index contributed by atoms with van der Waals surface area (Å²) >= 11 is 0. The molecule has 1 heterocycles. The molecule has 2 aromatic carbocycles. The lowest BCUT2D eigenvalue weighted by atomic mass is 10.2. The van der Waals surface area contributed by atoms with Crippen molar-refractivity contribution in [2.45, 2.75) is 39.2 Å². The molecule has 1 aromatic heterocycles. The number of aryl methyl sites for hydroxylation is 1. The number of unbranched alkanes of at least 4 members (excludes halogenated alkanes) is 1. The number of benzene rings is 2. The first-order chi connectivity index (χ1) is 15.6. The number of likely N-dealkylation sites (N-methyl/N-ethyl adjacent to an activating group) is 1. The maximum absolute atomic E-state index is 12.7. The molecule has 0 saturated heterocycles. The number of carbonyl (C=O) groups is 2. The van der Waals surface area contributed by atoms with Gasteiger partial charge in [-0.3, -0.25) is 9.59 Å². The van der Waals surface area contributed by atoms with E-state index in [-0.39, 0.29) is 18.4 Å². The average Bonchev–Trinajstić information content (AvgIpc) is 3.16. The van der Waals surface area contributed by atoms with Crippen LogP contribution in [0.3, 0.4) is 0 Å². The summed E-state index contributed by atoms with van der Waals surface area (Å²) in [5, 5.41) is 2.92. The molecule has 168 valence electrons. The number of nitrogens with one attached hydrogen (secondary N) is 1. The molecule has 0 aliphatic rings. The third-order valence-corrected chi connectivity index (χ3v) is 5.40. The van der Waals surface area contributed by atoms with Crippen LogP contribution in [-0.2, 0) is 22.6 Å². The Kier molecular flexibility index (Phi) is 8.61. The fourth-order valence-corrected chi connectivity index (χ4v) is 3.52. The van der Waals surface area contributed by atoms with E-state index in [0.717, 1.165) is 48.2 Å². The Morgan fingerprint density at radius 2 is 1.81 bits per heavy atom. The van der Waals surface area contributed by atoms with Crippen molar-refractivity contribution < 1.29 is 9.59 Å². The topological polar surface area (TPSA) is 67.2 Å². The van der Waals surface area contributed by atoms with Gasteiger partial charge in [-0.2, -0.15) is 0 Å². The smallest absolute Gasteiger partial charge is 0.243 e. The van der Waals surface area contributed by atoms with E-state index < -0.39 is 0 Å². The largest absolute Gasteiger partial charge is 0.353 e. The number of fused-ring (bicyclic) bond motifs is 1. The summed E-state index contributed by atoms with van der Waals surface area (Å²) in [6.07, 6.45) is 6.84. The number of hydrogen-bond acceptors (Lipinski definition) is 3. The van der Waals surface area contributed by atoms with Crippen molar-refractivity contribution >= 4 is 28.9 Å². The number of para-hydroxylation sites is 2. The van der Waals surface area contributed by atoms with E-state index in [1.807, 2.05) is 66.2 Å². The van der Waals surface area contributed by atoms with Gasteiger partial charge in [0.05, 0.1) is 11.0 Å². The summed E-state index contributed by atoms with van der Waals surface area (Å²) in [5.41, 5.74) is 2.85. The van der Waals surface area contributed by atoms with Gasteiger partial charge >= 0.3 is 0 Å². The molecule has 0 aliphatic heterocycles. The Morgan fingerprint density at radius 1 is 1.06 bits per heavy atom. The quantitative estimate of drug-likeness (QED) is 0.367. The lowest BCUT2D eigenvalue weighted by molar-refractivity contribution is -0.130. The highest BCUT2D eigenvalue weighted by Gasteiger charge is 2.15. The minimum Gasteiger partial charge on any atom is -0.353 e. The lowest BCUT2D eigenvalue weighted by Crippen LogP contribution is -2.31. The number of rotatable bonds is 11. The molecule has 1 N–H and O–H groups in total. The first-order valence-corrected chi connectivity index (χ1v) is 11.3. The molecule has 0 bridgehead atoms. The highest BCUT2D eigenvalue weighted by atomic mass is 16.2. The second kappa shape index (κ2) is 11.8. The van der Waals surface area contributed by atoms with Crippen molar-refractivity contribution in [3.8, 4) is 0 Å². The van der Waals surface area contributed by atoms with Gasteiger partial charge in [0, 0.05) is 32.6 Å². The van der Waals surface area contributed by atoms with Gasteiger partial charge in [0.2, 0.25) is 11.8 Å². The van der Waals surface area contributed by atoms with E-state index in [4.69, 9.17) is 4.98 Å². The number of nitrogens with zero attached hydrogens (tertiary/aromatic N) is 3. The SMILES string of the molecule is CCCCN(C)C(=O)Cn1c(CCCNC(=O)/C=C\c2ccccc2)nc2ccccc21. The van der Waals surface area contributed by atoms with E-state index in [9.17, 15) is 9.59 Å². The van der Waals surface area contributed by atoms with Crippen LogP contribution in [0.5, 0.6) is 0 Å². The van der Waals surface area contributed by atoms with Crippen LogP contribution < -0.4 is 5.32 Å². The van der Waals surface area contributed by atoms with E-state index in [2.05, 4.69) is 12.2 Å². The Morgan fingerprint density at radius 3 is 2.59 bits per heavy atom. The molecule has 0 aliphatic carbocycles. The van der Waals surface area contributed by atoms with Crippen molar-refractivity contribution in [2.75, 3.05) is 20.1 Å². The average molecular weight is 433 g/mol. The molecule has 0 unspecified atom stereocenters. The fourth-order valence-electron chi connectivity index (χ4n) is 3.52. The van der Waals surface area contributed by atoms with Gasteiger partial charge in [0.1, 0.15) is 12.4 Å². The van der Waals surface area contributed by atoms with Gasteiger partial charge < -0.3 is 14.8 Å². The minimum absolute atomic E-state index is 0.0854. The molecule has 2 amide bonds. The maximum atomic E-state index is 12.7. The number of carbonyl (C=O) groups excluding carboxylic acids is 2. The van der Waals surface area contributed by atoms with Gasteiger partial charge in [-0.1, -0.05) is 55.8 Å². The molecule has 6 nitrogen and oxygen atoms in total. The van der Waals surface area contributed by atoms with Crippen molar-refractivity contribution in [3.05, 3.63) is 72.1 Å². The summed E-state index contributed by atoms with van der Waals surface area (Å²) < 4.78 is 2.01. The molecule has 32 heavy (non-hydrogen) atoms. The van der Waals surface area contributed by atoms with Gasteiger partial charge in [-0.25, -0.2) is 4.98 Å². The molecule has 3 rings (SSSR count). The van der Waals surface area contributed by atoms with Crippen molar-refractivity contribution in [3.63, 3.8) is 0 Å². The first-order valence-electron chi connectivity index (χ1n) is 11.3. The van der Waals surface area contributed by atoms with E-state index >= 15 is 0 Å². The van der Waals surface area contributed by atoms with Crippen LogP contribution in [0.2, 0.25) is 0 Å². The number of amides is 2. The number of hydrogen-bond donors (Lipinski definition) is 1. The van der Waals surface area contributed by atoms with Crippen LogP contribution in [0.1, 0.15) is 37.6 Å². The summed E-state index contributed by atoms with van der Waals surface area (Å²) in [6, 6.07) is 17.6. The predicted molar refractivity (Wildman–Crippen MR) is 129 cm³/mol. The fraction of sp³-hybridized carbons (Fsp3) is 0.346. The normalized spacial score (nSPS) is 11.2. The third kappa shape index (κ3) is 6.54. The maximum Gasteiger partial charge on any atom is 0.243 e. The molecule has 0 spiro atoms. The zero-order chi connectivity index (χ0) is 22.8. The van der Waals surface area contributed by atoms with Crippen molar-refractivity contribution in [1.82, 2.24) is 19.8 Å². The Labute approximate surface area is 189 Å². The van der Waals surface area contributed by atoms with Gasteiger partial charge in [0.15, 0.2) is 0 Å². The minimum atomic E-state index is -0.116. The monoisotopic (exact) mass is 432 g/mol. The molecular weight excluding hydrogens is 400 g/mol. The Bertz CT molecular complexity index is 1060. The van der Waals surface area contributed by atoms with E-state index in [1.165, 1.54) is 0 Å². The molecule has 0 radical (unpaired) electrons. The summed E-state index contributed by atoms with van der Waals surface area (Å²) in [4.78, 5) is 31.3. The van der Waals surface area contributed by atoms with Crippen LogP contribution in [0, 0.1) is 0 Å². The molecule has 3 aromatic rings. The highest BCUT2D eigenvalue weighted by molar-refractivity contribution is 5.91. The third-order valence-electron chi connectivity index (χ3n) is 5.40. The van der Waals surface area contributed by atoms with Crippen LogP contribution in [0.25, 0.3) is 17.1 Å². The number of imidazole rings is 1. The standard InChI is InChI=1S/C26H32N4O2/c1-3-4-19-29(2)26(32)20-30-23-14-9-8-13-22(23)28-24(30)15-10-18-27-25(31)17-16-21-11-6-5-7-12-21/h5-9,11-14,16-17H,3-4,10,15,18-20H2,1-2H3,(H,27,31)/b17-16-. The first kappa shape index (κ1) is 23.3. The molecule has 0 fully saturated rings. The van der Waals surface area contributed by atoms with Gasteiger partial charge in [0.25, 0.3) is 0 Å². The number of aromatic nitrogens is 2. The van der Waals surface area contributed by atoms with E-state index in [0.29, 0.717) is 13.0 Å². The Hall–Kier alpha value is -3.41. The molecule has 0 atom stereocenters. The summed E-state index contributed by atoms with van der Waals surface area (Å²) in [5.74, 6) is 0.842. The highest BCUT2D eigenvalue weighted by Crippen LogP contribution is 2.17. The van der Waals surface area contributed by atoms with Crippen molar-refractivity contribution in [1.29, 1.82) is 0 Å². The van der Waals surface area contributed by atoms with Crippen molar-refractivity contribution in [2.24, 2.45) is 0 Å². The zero-order valence-electron chi connectivity index (χ0n) is 19.0. The lowest BCUT2D eigenvalue weighted by Gasteiger charge is -2.18. The predicted octanol–water partition coefficient (Wildman–Crippen LogP) is 4.06. The van der Waals surface area contributed by atoms with Crippen LogP contribution in [0.15, 0.2) is 60.7 Å². The Balaban J connectivity index is 1.58. The van der Waals surface area contributed by atoms with Crippen LogP contribution >= 0.6 is 0 Å². The molecular formula is C26H32N4O2. The second-order valence-electron chi connectivity index (χ2n) is 7.91. The van der Waals surface area contributed by atoms with Crippen LogP contribution in [0.4, 0.5) is 0 Å². The van der Waals surface area contributed by atoms with Gasteiger partial charge in [-0.15, -0.1) is 0 Å².